The van der Waals surface area contributed by atoms with E-state index in [4.69, 9.17) is 11.6 Å². The Balaban J connectivity index is 1.63. The van der Waals surface area contributed by atoms with E-state index in [9.17, 15) is 0 Å². The van der Waals surface area contributed by atoms with Crippen molar-refractivity contribution in [2.45, 2.75) is 30.2 Å². The summed E-state index contributed by atoms with van der Waals surface area (Å²) in [7, 11) is 0. The highest BCUT2D eigenvalue weighted by molar-refractivity contribution is 7.98. The van der Waals surface area contributed by atoms with Gasteiger partial charge in [-0.05, 0) is 36.8 Å². The molecular weight excluding hydrogens is 316 g/mol. The molecule has 0 amide bonds. The molecule has 114 valence electrons. The van der Waals surface area contributed by atoms with Crippen LogP contribution in [0.3, 0.4) is 0 Å². The molecule has 1 aliphatic rings. The van der Waals surface area contributed by atoms with Crippen LogP contribution < -0.4 is 0 Å². The van der Waals surface area contributed by atoms with Crippen LogP contribution in [-0.2, 0) is 5.75 Å². The van der Waals surface area contributed by atoms with Crippen LogP contribution in [0.5, 0.6) is 0 Å². The van der Waals surface area contributed by atoms with Gasteiger partial charge in [-0.1, -0.05) is 53.7 Å². The average molecular weight is 333 g/mol. The molecule has 0 N–H and O–H groups in total. The highest BCUT2D eigenvalue weighted by Gasteiger charge is 2.09. The van der Waals surface area contributed by atoms with Crippen LogP contribution in [0.4, 0.5) is 0 Å². The van der Waals surface area contributed by atoms with Crippen LogP contribution in [0.25, 0.3) is 0 Å². The molecule has 1 aromatic heterocycles. The summed E-state index contributed by atoms with van der Waals surface area (Å²) < 4.78 is 1.74. The zero-order valence-electron chi connectivity index (χ0n) is 12.1. The van der Waals surface area contributed by atoms with E-state index in [0.717, 1.165) is 40.8 Å². The predicted molar refractivity (Wildman–Crippen MR) is 91.4 cm³/mol. The summed E-state index contributed by atoms with van der Waals surface area (Å²) in [4.78, 5) is 0. The van der Waals surface area contributed by atoms with E-state index in [1.165, 1.54) is 0 Å². The second-order valence-corrected chi connectivity index (χ2v) is 6.50. The van der Waals surface area contributed by atoms with Gasteiger partial charge in [0.1, 0.15) is 6.33 Å². The van der Waals surface area contributed by atoms with Crippen LogP contribution in [0.2, 0.25) is 5.02 Å². The molecule has 1 aromatic carbocycles. The number of halogens is 1. The Hall–Kier alpha value is -1.59. The first kappa shape index (κ1) is 15.3. The van der Waals surface area contributed by atoms with Crippen molar-refractivity contribution in [2.75, 3.05) is 0 Å². The molecule has 1 aliphatic carbocycles. The van der Waals surface area contributed by atoms with Crippen LogP contribution in [-0.4, -0.2) is 21.1 Å². The molecule has 4 nitrogen and oxygen atoms in total. The van der Waals surface area contributed by atoms with Crippen molar-refractivity contribution >= 4 is 29.6 Å². The number of benzene rings is 1. The van der Waals surface area contributed by atoms with E-state index in [2.05, 4.69) is 27.5 Å². The Kier molecular flexibility index (Phi) is 5.29. The maximum Gasteiger partial charge on any atom is 0.212 e. The minimum atomic E-state index is 0.508. The van der Waals surface area contributed by atoms with Gasteiger partial charge in [0.2, 0.25) is 5.16 Å². The number of hydrogen-bond donors (Lipinski definition) is 0. The first-order valence-corrected chi connectivity index (χ1v) is 8.65. The number of allylic oxidation sites excluding steroid dienone is 2. The number of rotatable bonds is 5. The monoisotopic (exact) mass is 332 g/mol. The second-order valence-electron chi connectivity index (χ2n) is 5.15. The van der Waals surface area contributed by atoms with Gasteiger partial charge >= 0.3 is 0 Å². The van der Waals surface area contributed by atoms with E-state index in [0.29, 0.717) is 5.92 Å². The maximum atomic E-state index is 6.17. The highest BCUT2D eigenvalue weighted by atomic mass is 35.5. The molecule has 22 heavy (non-hydrogen) atoms. The fourth-order valence-electron chi connectivity index (χ4n) is 2.27. The minimum Gasteiger partial charge on any atom is -0.195 e. The standard InChI is InChI=1S/C16H17ClN4S/c17-15-9-5-4-8-14(15)11-22-16-20-18-12-21(16)19-10-13-6-2-1-3-7-13/h1-2,4-5,8-10,12-13H,3,6-7,11H2/b19-10-/t13-/m1/s1. The topological polar surface area (TPSA) is 43.1 Å². The molecule has 1 heterocycles. The molecule has 0 saturated heterocycles. The molecule has 0 spiro atoms. The lowest BCUT2D eigenvalue weighted by molar-refractivity contribution is 0.618. The van der Waals surface area contributed by atoms with E-state index in [1.54, 1.807) is 22.8 Å². The van der Waals surface area contributed by atoms with Crippen molar-refractivity contribution in [1.29, 1.82) is 0 Å². The van der Waals surface area contributed by atoms with Crippen molar-refractivity contribution in [3.05, 3.63) is 53.3 Å². The van der Waals surface area contributed by atoms with Crippen molar-refractivity contribution < 1.29 is 0 Å². The van der Waals surface area contributed by atoms with Gasteiger partial charge in [-0.2, -0.15) is 9.78 Å². The first-order valence-electron chi connectivity index (χ1n) is 7.28. The molecule has 6 heteroatoms. The number of hydrogen-bond acceptors (Lipinski definition) is 4. The summed E-state index contributed by atoms with van der Waals surface area (Å²) in [5.41, 5.74) is 1.09. The second kappa shape index (κ2) is 7.61. The van der Waals surface area contributed by atoms with Crippen LogP contribution in [0.1, 0.15) is 24.8 Å². The Morgan fingerprint density at radius 2 is 2.27 bits per heavy atom. The van der Waals surface area contributed by atoms with Gasteiger partial charge < -0.3 is 0 Å². The average Bonchev–Trinajstić information content (AvgIpc) is 3.01. The lowest BCUT2D eigenvalue weighted by Gasteiger charge is -2.11. The van der Waals surface area contributed by atoms with Gasteiger partial charge in [0.15, 0.2) is 0 Å². The molecule has 1 atom stereocenters. The van der Waals surface area contributed by atoms with Crippen LogP contribution >= 0.6 is 23.4 Å². The van der Waals surface area contributed by atoms with E-state index >= 15 is 0 Å². The lowest BCUT2D eigenvalue weighted by atomic mass is 9.96. The summed E-state index contributed by atoms with van der Waals surface area (Å²) in [6, 6.07) is 7.84. The maximum absolute atomic E-state index is 6.17. The quantitative estimate of drug-likeness (QED) is 0.462. The van der Waals surface area contributed by atoms with Gasteiger partial charge in [-0.15, -0.1) is 10.2 Å². The van der Waals surface area contributed by atoms with E-state index in [-0.39, 0.29) is 0 Å². The smallest absolute Gasteiger partial charge is 0.195 e. The summed E-state index contributed by atoms with van der Waals surface area (Å²) in [6.07, 6.45) is 11.5. The molecule has 0 bridgehead atoms. The Morgan fingerprint density at radius 3 is 3.09 bits per heavy atom. The lowest BCUT2D eigenvalue weighted by Crippen LogP contribution is -2.05. The van der Waals surface area contributed by atoms with Crippen molar-refractivity contribution in [1.82, 2.24) is 14.9 Å². The molecular formula is C16H17ClN4S. The van der Waals surface area contributed by atoms with Crippen LogP contribution in [0, 0.1) is 5.92 Å². The zero-order valence-corrected chi connectivity index (χ0v) is 13.7. The molecule has 0 saturated carbocycles. The van der Waals surface area contributed by atoms with Gasteiger partial charge in [-0.25, -0.2) is 0 Å². The van der Waals surface area contributed by atoms with Crippen molar-refractivity contribution in [3.8, 4) is 0 Å². The molecule has 2 aromatic rings. The molecule has 0 fully saturated rings. The summed E-state index contributed by atoms with van der Waals surface area (Å²) in [5, 5.41) is 14.1. The predicted octanol–water partition coefficient (Wildman–Crippen LogP) is 4.41. The SMILES string of the molecule is Clc1ccccc1CSc1nncn1/N=C\[C@@H]1CC=CCC1. The van der Waals surface area contributed by atoms with Gasteiger partial charge in [-0.3, -0.25) is 0 Å². The summed E-state index contributed by atoms with van der Waals surface area (Å²) in [6.45, 7) is 0. The number of aromatic nitrogens is 3. The largest absolute Gasteiger partial charge is 0.212 e. The molecule has 3 rings (SSSR count). The third-order valence-corrected chi connectivity index (χ3v) is 4.88. The first-order chi connectivity index (χ1) is 10.8. The molecule has 0 radical (unpaired) electrons. The van der Waals surface area contributed by atoms with Gasteiger partial charge in [0.05, 0.1) is 0 Å². The minimum absolute atomic E-state index is 0.508. The third-order valence-electron chi connectivity index (χ3n) is 3.53. The third kappa shape index (κ3) is 3.99. The number of nitrogens with zero attached hydrogens (tertiary/aromatic N) is 4. The Bertz CT molecular complexity index is 680. The van der Waals surface area contributed by atoms with E-state index in [1.807, 2.05) is 30.5 Å². The Labute approximate surface area is 139 Å². The summed E-state index contributed by atoms with van der Waals surface area (Å²) >= 11 is 7.76. The van der Waals surface area contributed by atoms with Crippen molar-refractivity contribution in [3.63, 3.8) is 0 Å². The molecule has 0 aliphatic heterocycles. The van der Waals surface area contributed by atoms with Gasteiger partial charge in [0.25, 0.3) is 0 Å². The highest BCUT2D eigenvalue weighted by Crippen LogP contribution is 2.25. The Morgan fingerprint density at radius 1 is 1.36 bits per heavy atom. The summed E-state index contributed by atoms with van der Waals surface area (Å²) in [5.74, 6) is 1.26. The number of thioether (sulfide) groups is 1. The zero-order chi connectivity index (χ0) is 15.2. The fraction of sp³-hybridized carbons (Fsp3) is 0.312. The molecule has 0 unspecified atom stereocenters. The fourth-order valence-corrected chi connectivity index (χ4v) is 3.42. The van der Waals surface area contributed by atoms with Gasteiger partial charge in [0, 0.05) is 17.0 Å². The van der Waals surface area contributed by atoms with E-state index < -0.39 is 0 Å². The van der Waals surface area contributed by atoms with Crippen LogP contribution in [0.15, 0.2) is 53.0 Å². The normalized spacial score (nSPS) is 18.1. The van der Waals surface area contributed by atoms with Crippen molar-refractivity contribution in [2.24, 2.45) is 11.0 Å².